The molecule has 2 heterocycles. The standard InChI is InChI=1S/C15H13ClN4O3S/c1-20(24(21,22)13-6-4-12(16)5-7-13)10-14-18-15(19-23-14)11-3-2-8-17-9-11/h2-9H,10H2,1H3. The predicted molar refractivity (Wildman–Crippen MR) is 87.6 cm³/mol. The van der Waals surface area contributed by atoms with Gasteiger partial charge in [-0.3, -0.25) is 4.98 Å². The molecule has 0 amide bonds. The molecule has 3 aromatic rings. The molecule has 0 fully saturated rings. The second-order valence-corrected chi connectivity index (χ2v) is 7.45. The summed E-state index contributed by atoms with van der Waals surface area (Å²) in [7, 11) is -2.23. The summed E-state index contributed by atoms with van der Waals surface area (Å²) in [6.07, 6.45) is 3.24. The first-order chi connectivity index (χ1) is 11.5. The van der Waals surface area contributed by atoms with Crippen molar-refractivity contribution in [3.8, 4) is 11.4 Å². The zero-order valence-electron chi connectivity index (χ0n) is 12.6. The van der Waals surface area contributed by atoms with Crippen molar-refractivity contribution in [1.29, 1.82) is 0 Å². The fourth-order valence-electron chi connectivity index (χ4n) is 1.99. The first-order valence-corrected chi connectivity index (χ1v) is 8.73. The summed E-state index contributed by atoms with van der Waals surface area (Å²) in [4.78, 5) is 8.32. The maximum atomic E-state index is 12.5. The summed E-state index contributed by atoms with van der Waals surface area (Å²) >= 11 is 5.79. The van der Waals surface area contributed by atoms with Crippen molar-refractivity contribution in [3.63, 3.8) is 0 Å². The molecule has 7 nitrogen and oxygen atoms in total. The molecule has 0 unspecified atom stereocenters. The third kappa shape index (κ3) is 3.45. The molecule has 0 aliphatic carbocycles. The minimum atomic E-state index is -3.67. The molecular formula is C15H13ClN4O3S. The number of rotatable bonds is 5. The molecular weight excluding hydrogens is 352 g/mol. The number of pyridine rings is 1. The van der Waals surface area contributed by atoms with Gasteiger partial charge in [-0.05, 0) is 36.4 Å². The Bertz CT molecular complexity index is 927. The molecule has 0 aliphatic rings. The summed E-state index contributed by atoms with van der Waals surface area (Å²) in [6, 6.07) is 9.48. The maximum Gasteiger partial charge on any atom is 0.243 e. The molecule has 2 aromatic heterocycles. The normalized spacial score (nSPS) is 11.8. The highest BCUT2D eigenvalue weighted by molar-refractivity contribution is 7.89. The van der Waals surface area contributed by atoms with Crippen LogP contribution >= 0.6 is 11.6 Å². The van der Waals surface area contributed by atoms with Crippen LogP contribution in [0.4, 0.5) is 0 Å². The SMILES string of the molecule is CN(Cc1nc(-c2cccnc2)no1)S(=O)(=O)c1ccc(Cl)cc1. The van der Waals surface area contributed by atoms with Gasteiger partial charge >= 0.3 is 0 Å². The first-order valence-electron chi connectivity index (χ1n) is 6.92. The van der Waals surface area contributed by atoms with Crippen LogP contribution in [0.5, 0.6) is 0 Å². The Morgan fingerprint density at radius 2 is 1.96 bits per heavy atom. The molecule has 0 radical (unpaired) electrons. The fourth-order valence-corrected chi connectivity index (χ4v) is 3.24. The van der Waals surface area contributed by atoms with Crippen LogP contribution in [0.15, 0.2) is 58.2 Å². The van der Waals surface area contributed by atoms with Gasteiger partial charge in [0.15, 0.2) is 0 Å². The van der Waals surface area contributed by atoms with E-state index < -0.39 is 10.0 Å². The van der Waals surface area contributed by atoms with Gasteiger partial charge in [0, 0.05) is 30.0 Å². The Morgan fingerprint density at radius 3 is 2.62 bits per heavy atom. The van der Waals surface area contributed by atoms with Gasteiger partial charge in [0.05, 0.1) is 11.4 Å². The van der Waals surface area contributed by atoms with E-state index in [2.05, 4.69) is 15.1 Å². The van der Waals surface area contributed by atoms with Crippen LogP contribution in [0.3, 0.4) is 0 Å². The van der Waals surface area contributed by atoms with Gasteiger partial charge in [0.25, 0.3) is 0 Å². The molecule has 124 valence electrons. The van der Waals surface area contributed by atoms with Crippen LogP contribution < -0.4 is 0 Å². The number of aromatic nitrogens is 3. The van der Waals surface area contributed by atoms with E-state index in [1.54, 1.807) is 24.5 Å². The highest BCUT2D eigenvalue weighted by Gasteiger charge is 2.23. The largest absolute Gasteiger partial charge is 0.338 e. The van der Waals surface area contributed by atoms with E-state index in [4.69, 9.17) is 16.1 Å². The second-order valence-electron chi connectivity index (χ2n) is 4.97. The predicted octanol–water partition coefficient (Wildman–Crippen LogP) is 2.61. The summed E-state index contributed by atoms with van der Waals surface area (Å²) in [6.45, 7) is -0.0434. The summed E-state index contributed by atoms with van der Waals surface area (Å²) in [5.74, 6) is 0.546. The van der Waals surface area contributed by atoms with Crippen molar-refractivity contribution >= 4 is 21.6 Å². The molecule has 24 heavy (non-hydrogen) atoms. The van der Waals surface area contributed by atoms with Gasteiger partial charge in [-0.1, -0.05) is 16.8 Å². The molecule has 0 spiro atoms. The van der Waals surface area contributed by atoms with Crippen LogP contribution in [0, 0.1) is 0 Å². The van der Waals surface area contributed by atoms with Crippen molar-refractivity contribution in [2.45, 2.75) is 11.4 Å². The molecule has 3 rings (SSSR count). The summed E-state index contributed by atoms with van der Waals surface area (Å²) in [5.41, 5.74) is 0.690. The first kappa shape index (κ1) is 16.6. The third-order valence-electron chi connectivity index (χ3n) is 3.27. The Labute approximate surface area is 144 Å². The topological polar surface area (TPSA) is 89.2 Å². The number of halogens is 1. The van der Waals surface area contributed by atoms with Gasteiger partial charge in [-0.2, -0.15) is 9.29 Å². The van der Waals surface area contributed by atoms with Crippen LogP contribution in [0.2, 0.25) is 5.02 Å². The van der Waals surface area contributed by atoms with E-state index in [0.717, 1.165) is 4.31 Å². The van der Waals surface area contributed by atoms with Crippen LogP contribution in [-0.2, 0) is 16.6 Å². The van der Waals surface area contributed by atoms with E-state index in [9.17, 15) is 8.42 Å². The lowest BCUT2D eigenvalue weighted by Gasteiger charge is -2.14. The van der Waals surface area contributed by atoms with Crippen molar-refractivity contribution in [3.05, 3.63) is 59.7 Å². The lowest BCUT2D eigenvalue weighted by molar-refractivity contribution is 0.337. The van der Waals surface area contributed by atoms with Gasteiger partial charge in [0.1, 0.15) is 0 Å². The van der Waals surface area contributed by atoms with Crippen molar-refractivity contribution < 1.29 is 12.9 Å². The van der Waals surface area contributed by atoms with Gasteiger partial charge in [0.2, 0.25) is 21.7 Å². The van der Waals surface area contributed by atoms with E-state index >= 15 is 0 Å². The smallest absolute Gasteiger partial charge is 0.243 e. The molecule has 0 atom stereocenters. The molecule has 0 aliphatic heterocycles. The average molecular weight is 365 g/mol. The quantitative estimate of drug-likeness (QED) is 0.691. The summed E-state index contributed by atoms with van der Waals surface area (Å²) in [5, 5.41) is 4.31. The molecule has 0 bridgehead atoms. The van der Waals surface area contributed by atoms with Crippen molar-refractivity contribution in [2.75, 3.05) is 7.05 Å². The van der Waals surface area contributed by atoms with Crippen LogP contribution in [0.1, 0.15) is 5.89 Å². The van der Waals surface area contributed by atoms with E-state index in [0.29, 0.717) is 16.4 Å². The van der Waals surface area contributed by atoms with E-state index in [1.165, 1.54) is 31.3 Å². The third-order valence-corrected chi connectivity index (χ3v) is 5.34. The van der Waals surface area contributed by atoms with Crippen LogP contribution in [0.25, 0.3) is 11.4 Å². The lowest BCUT2D eigenvalue weighted by Crippen LogP contribution is -2.26. The van der Waals surface area contributed by atoms with Crippen molar-refractivity contribution in [1.82, 2.24) is 19.4 Å². The monoisotopic (exact) mass is 364 g/mol. The highest BCUT2D eigenvalue weighted by Crippen LogP contribution is 2.20. The van der Waals surface area contributed by atoms with E-state index in [1.807, 2.05) is 0 Å². The number of benzene rings is 1. The number of nitrogens with zero attached hydrogens (tertiary/aromatic N) is 4. The maximum absolute atomic E-state index is 12.5. The van der Waals surface area contributed by atoms with Crippen molar-refractivity contribution in [2.24, 2.45) is 0 Å². The highest BCUT2D eigenvalue weighted by atomic mass is 35.5. The molecule has 0 saturated carbocycles. The average Bonchev–Trinajstić information content (AvgIpc) is 3.04. The Hall–Kier alpha value is -2.29. The van der Waals surface area contributed by atoms with Gasteiger partial charge < -0.3 is 4.52 Å². The number of hydrogen-bond acceptors (Lipinski definition) is 6. The van der Waals surface area contributed by atoms with Crippen LogP contribution in [-0.4, -0.2) is 34.9 Å². The second kappa shape index (κ2) is 6.68. The summed E-state index contributed by atoms with van der Waals surface area (Å²) < 4.78 is 31.3. The number of hydrogen-bond donors (Lipinski definition) is 0. The Balaban J connectivity index is 1.78. The lowest BCUT2D eigenvalue weighted by atomic mass is 10.3. The Morgan fingerprint density at radius 1 is 1.21 bits per heavy atom. The zero-order chi connectivity index (χ0) is 17.2. The molecule has 1 aromatic carbocycles. The molecule has 0 saturated heterocycles. The minimum absolute atomic E-state index is 0.0434. The minimum Gasteiger partial charge on any atom is -0.338 e. The molecule has 0 N–H and O–H groups in total. The van der Waals surface area contributed by atoms with Gasteiger partial charge in [-0.25, -0.2) is 8.42 Å². The fraction of sp³-hybridized carbons (Fsp3) is 0.133. The molecule has 9 heteroatoms. The van der Waals surface area contributed by atoms with E-state index in [-0.39, 0.29) is 17.3 Å². The Kier molecular flexibility index (Phi) is 4.61. The number of sulfonamides is 1. The van der Waals surface area contributed by atoms with Gasteiger partial charge in [-0.15, -0.1) is 0 Å². The zero-order valence-corrected chi connectivity index (χ0v) is 14.2.